The van der Waals surface area contributed by atoms with Gasteiger partial charge in [-0.1, -0.05) is 24.3 Å². The highest BCUT2D eigenvalue weighted by atomic mass is 16.4. The van der Waals surface area contributed by atoms with Crippen molar-refractivity contribution in [2.24, 2.45) is 0 Å². The van der Waals surface area contributed by atoms with Crippen LogP contribution in [-0.4, -0.2) is 33.0 Å². The van der Waals surface area contributed by atoms with Crippen LogP contribution in [0.4, 0.5) is 5.82 Å². The fourth-order valence-electron chi connectivity index (χ4n) is 3.84. The number of fused-ring (bicyclic) bond motifs is 2. The number of nitrogens with one attached hydrogen (secondary N) is 3. The Kier molecular flexibility index (Phi) is 4.33. The number of benzene rings is 1. The van der Waals surface area contributed by atoms with Crippen LogP contribution in [0.3, 0.4) is 0 Å². The highest BCUT2D eigenvalue weighted by Crippen LogP contribution is 2.34. The van der Waals surface area contributed by atoms with E-state index >= 15 is 0 Å². The summed E-state index contributed by atoms with van der Waals surface area (Å²) in [5.74, 6) is 1.19. The van der Waals surface area contributed by atoms with Crippen LogP contribution >= 0.6 is 0 Å². The average Bonchev–Trinajstić information content (AvgIpc) is 3.24. The lowest BCUT2D eigenvalue weighted by atomic mass is 9.92. The Morgan fingerprint density at radius 1 is 1.17 bits per heavy atom. The molecule has 1 atom stereocenters. The lowest BCUT2D eigenvalue weighted by molar-refractivity contribution is 0.448. The Bertz CT molecular complexity index is 1290. The first-order valence-electron chi connectivity index (χ1n) is 9.59. The molecule has 0 spiro atoms. The van der Waals surface area contributed by atoms with Gasteiger partial charge < -0.3 is 20.0 Å². The molecule has 0 saturated carbocycles. The summed E-state index contributed by atoms with van der Waals surface area (Å²) in [5.41, 5.74) is 3.12. The van der Waals surface area contributed by atoms with Crippen LogP contribution in [0, 0.1) is 0 Å². The minimum absolute atomic E-state index is 0.298. The van der Waals surface area contributed by atoms with E-state index in [9.17, 15) is 4.79 Å². The van der Waals surface area contributed by atoms with Gasteiger partial charge >= 0.3 is 5.63 Å². The topological polar surface area (TPSA) is 109 Å². The van der Waals surface area contributed by atoms with Gasteiger partial charge in [0, 0.05) is 12.1 Å². The molecule has 0 saturated heterocycles. The number of imidazole rings is 1. The Balaban J connectivity index is 1.66. The number of H-pyrrole nitrogens is 1. The monoisotopic (exact) mass is 388 g/mol. The molecule has 8 nitrogen and oxygen atoms in total. The fraction of sp³-hybridized carbons (Fsp3) is 0.238. The molecule has 0 fully saturated rings. The normalized spacial score (nSPS) is 15.4. The zero-order chi connectivity index (χ0) is 19.8. The molecule has 0 amide bonds. The second kappa shape index (κ2) is 7.14. The largest absolute Gasteiger partial charge is 0.425 e. The second-order valence-electron chi connectivity index (χ2n) is 7.05. The summed E-state index contributed by atoms with van der Waals surface area (Å²) in [5, 5.41) is 8.19. The summed E-state index contributed by atoms with van der Waals surface area (Å²) in [6.45, 7) is 3.64. The average molecular weight is 388 g/mol. The molecule has 8 heteroatoms. The van der Waals surface area contributed by atoms with E-state index in [-0.39, 0.29) is 11.7 Å². The Hall–Kier alpha value is -3.52. The van der Waals surface area contributed by atoms with E-state index in [2.05, 4.69) is 36.6 Å². The van der Waals surface area contributed by atoms with Crippen LogP contribution in [0.5, 0.6) is 0 Å². The number of nitrogens with zero attached hydrogens (tertiary/aromatic N) is 3. The van der Waals surface area contributed by atoms with Gasteiger partial charge in [0.1, 0.15) is 17.6 Å². The standard InChI is InChI=1S/C21H20N6O2/c1-12(27-20-17-19(24-10-23-17)25-11-26-20)18-16(13-6-8-22-9-7-13)14-4-2-3-5-15(14)21(28)29-18/h2-6,10-12,22H,7-9H2,1H3,(H2,23,24,25,26,27). The summed E-state index contributed by atoms with van der Waals surface area (Å²) < 4.78 is 5.85. The first-order chi connectivity index (χ1) is 14.2. The molecule has 0 aliphatic carbocycles. The van der Waals surface area contributed by atoms with E-state index in [1.807, 2.05) is 31.2 Å². The summed E-state index contributed by atoms with van der Waals surface area (Å²) in [7, 11) is 0. The first-order valence-corrected chi connectivity index (χ1v) is 9.59. The van der Waals surface area contributed by atoms with Crippen molar-refractivity contribution in [1.82, 2.24) is 25.3 Å². The summed E-state index contributed by atoms with van der Waals surface area (Å²) in [4.78, 5) is 28.5. The number of aromatic amines is 1. The highest BCUT2D eigenvalue weighted by molar-refractivity contribution is 5.94. The van der Waals surface area contributed by atoms with Gasteiger partial charge in [0.15, 0.2) is 11.5 Å². The molecule has 29 heavy (non-hydrogen) atoms. The third-order valence-electron chi connectivity index (χ3n) is 5.21. The van der Waals surface area contributed by atoms with Gasteiger partial charge in [-0.2, -0.15) is 0 Å². The summed E-state index contributed by atoms with van der Waals surface area (Å²) in [6.07, 6.45) is 6.09. The van der Waals surface area contributed by atoms with Crippen molar-refractivity contribution >= 4 is 33.3 Å². The number of rotatable bonds is 4. The van der Waals surface area contributed by atoms with Crippen molar-refractivity contribution in [3.63, 3.8) is 0 Å². The van der Waals surface area contributed by atoms with Gasteiger partial charge in [0.25, 0.3) is 0 Å². The minimum Gasteiger partial charge on any atom is -0.425 e. The van der Waals surface area contributed by atoms with Gasteiger partial charge in [-0.05, 0) is 36.9 Å². The lowest BCUT2D eigenvalue weighted by Crippen LogP contribution is -2.22. The van der Waals surface area contributed by atoms with Crippen molar-refractivity contribution in [2.45, 2.75) is 19.4 Å². The van der Waals surface area contributed by atoms with Gasteiger partial charge in [-0.25, -0.2) is 19.7 Å². The highest BCUT2D eigenvalue weighted by Gasteiger charge is 2.23. The van der Waals surface area contributed by atoms with Crippen molar-refractivity contribution in [3.05, 3.63) is 64.7 Å². The quantitative estimate of drug-likeness (QED) is 0.493. The first kappa shape index (κ1) is 17.6. The van der Waals surface area contributed by atoms with Crippen molar-refractivity contribution in [1.29, 1.82) is 0 Å². The number of hydrogen-bond acceptors (Lipinski definition) is 7. The molecule has 1 unspecified atom stereocenters. The molecular formula is C21H20N6O2. The number of aromatic nitrogens is 4. The zero-order valence-corrected chi connectivity index (χ0v) is 15.9. The predicted molar refractivity (Wildman–Crippen MR) is 112 cm³/mol. The van der Waals surface area contributed by atoms with E-state index in [0.717, 1.165) is 30.5 Å². The van der Waals surface area contributed by atoms with Crippen LogP contribution in [0.1, 0.15) is 30.7 Å². The van der Waals surface area contributed by atoms with Gasteiger partial charge in [-0.3, -0.25) is 0 Å². The third kappa shape index (κ3) is 3.07. The van der Waals surface area contributed by atoms with E-state index < -0.39 is 0 Å². The van der Waals surface area contributed by atoms with E-state index in [0.29, 0.717) is 28.1 Å². The van der Waals surface area contributed by atoms with Gasteiger partial charge in [0.05, 0.1) is 17.8 Å². The van der Waals surface area contributed by atoms with E-state index in [1.165, 1.54) is 11.9 Å². The molecule has 5 rings (SSSR count). The molecule has 1 aromatic carbocycles. The Labute approximate surface area is 166 Å². The van der Waals surface area contributed by atoms with Crippen LogP contribution in [0.15, 0.2) is 52.2 Å². The van der Waals surface area contributed by atoms with Gasteiger partial charge in [0.2, 0.25) is 0 Å². The summed E-state index contributed by atoms with van der Waals surface area (Å²) in [6, 6.07) is 7.30. The molecule has 4 heterocycles. The van der Waals surface area contributed by atoms with Crippen LogP contribution in [0.2, 0.25) is 0 Å². The minimum atomic E-state index is -0.338. The Morgan fingerprint density at radius 3 is 2.86 bits per heavy atom. The SMILES string of the molecule is CC(Nc1ncnc2[nH]cnc12)c1oc(=O)c2ccccc2c1C1=CCNCC1. The van der Waals surface area contributed by atoms with Gasteiger partial charge in [-0.15, -0.1) is 0 Å². The Morgan fingerprint density at radius 2 is 2.03 bits per heavy atom. The van der Waals surface area contributed by atoms with Crippen molar-refractivity contribution < 1.29 is 4.42 Å². The smallest absolute Gasteiger partial charge is 0.343 e. The molecule has 3 N–H and O–H groups in total. The second-order valence-corrected chi connectivity index (χ2v) is 7.05. The maximum absolute atomic E-state index is 12.7. The zero-order valence-electron chi connectivity index (χ0n) is 15.9. The lowest BCUT2D eigenvalue weighted by Gasteiger charge is -2.22. The molecule has 146 valence electrons. The molecule has 1 aliphatic heterocycles. The molecule has 3 aromatic heterocycles. The van der Waals surface area contributed by atoms with Crippen molar-refractivity contribution in [2.75, 3.05) is 18.4 Å². The van der Waals surface area contributed by atoms with Crippen LogP contribution in [0.25, 0.3) is 27.5 Å². The molecule has 0 bridgehead atoms. The number of anilines is 1. The van der Waals surface area contributed by atoms with E-state index in [1.54, 1.807) is 6.33 Å². The maximum Gasteiger partial charge on any atom is 0.343 e. The molecular weight excluding hydrogens is 368 g/mol. The maximum atomic E-state index is 12.7. The predicted octanol–water partition coefficient (Wildman–Crippen LogP) is 3.01. The van der Waals surface area contributed by atoms with E-state index in [4.69, 9.17) is 4.42 Å². The number of hydrogen-bond donors (Lipinski definition) is 3. The molecule has 0 radical (unpaired) electrons. The molecule has 1 aliphatic rings. The fourth-order valence-corrected chi connectivity index (χ4v) is 3.84. The summed E-state index contributed by atoms with van der Waals surface area (Å²) >= 11 is 0. The van der Waals surface area contributed by atoms with Crippen molar-refractivity contribution in [3.8, 4) is 0 Å². The van der Waals surface area contributed by atoms with Crippen LogP contribution in [-0.2, 0) is 0 Å². The molecule has 4 aromatic rings. The van der Waals surface area contributed by atoms with Crippen LogP contribution < -0.4 is 16.3 Å². The third-order valence-corrected chi connectivity index (χ3v) is 5.21.